The van der Waals surface area contributed by atoms with E-state index in [4.69, 9.17) is 4.74 Å². The maximum absolute atomic E-state index is 12.7. The topological polar surface area (TPSA) is 67.7 Å². The first-order valence-electron chi connectivity index (χ1n) is 9.24. The van der Waals surface area contributed by atoms with Crippen LogP contribution in [-0.4, -0.2) is 58.3 Å². The first-order chi connectivity index (χ1) is 13.0. The highest BCUT2D eigenvalue weighted by Gasteiger charge is 2.46. The van der Waals surface area contributed by atoms with Crippen LogP contribution in [0, 0.1) is 13.8 Å². The van der Waals surface area contributed by atoms with E-state index in [1.165, 1.54) is 0 Å². The van der Waals surface area contributed by atoms with E-state index in [1.54, 1.807) is 9.58 Å². The van der Waals surface area contributed by atoms with Crippen LogP contribution in [-0.2, 0) is 20.9 Å². The van der Waals surface area contributed by atoms with Crippen LogP contribution in [0.5, 0.6) is 0 Å². The number of ether oxygens (including phenoxy) is 1. The highest BCUT2D eigenvalue weighted by molar-refractivity contribution is 5.95. The summed E-state index contributed by atoms with van der Waals surface area (Å²) in [5, 5.41) is 4.37. The van der Waals surface area contributed by atoms with Gasteiger partial charge in [0, 0.05) is 17.9 Å². The van der Waals surface area contributed by atoms with Crippen molar-refractivity contribution in [2.45, 2.75) is 32.4 Å². The maximum Gasteiger partial charge on any atom is 0.253 e. The Bertz CT molecular complexity index is 863. The molecule has 142 valence electrons. The molecule has 0 N–H and O–H groups in total. The smallest absolute Gasteiger partial charge is 0.253 e. The third kappa shape index (κ3) is 3.47. The fraction of sp³-hybridized carbons (Fsp3) is 0.450. The summed E-state index contributed by atoms with van der Waals surface area (Å²) in [6, 6.07) is 11.6. The van der Waals surface area contributed by atoms with Gasteiger partial charge < -0.3 is 14.5 Å². The van der Waals surface area contributed by atoms with E-state index >= 15 is 0 Å². The molecule has 0 saturated carbocycles. The molecule has 1 aromatic carbocycles. The van der Waals surface area contributed by atoms with E-state index in [-0.39, 0.29) is 25.0 Å². The third-order valence-electron chi connectivity index (χ3n) is 5.37. The third-order valence-corrected chi connectivity index (χ3v) is 5.37. The first kappa shape index (κ1) is 17.7. The average Bonchev–Trinajstić information content (AvgIpc) is 3.21. The predicted molar refractivity (Wildman–Crippen MR) is 100 cm³/mol. The number of benzene rings is 1. The van der Waals surface area contributed by atoms with Crippen molar-refractivity contribution in [1.29, 1.82) is 0 Å². The normalized spacial score (nSPS) is 22.7. The van der Waals surface area contributed by atoms with E-state index in [9.17, 15) is 9.59 Å². The van der Waals surface area contributed by atoms with Gasteiger partial charge in [-0.05, 0) is 38.5 Å². The van der Waals surface area contributed by atoms with Gasteiger partial charge in [-0.15, -0.1) is 0 Å². The highest BCUT2D eigenvalue weighted by atomic mass is 16.5. The molecule has 2 saturated heterocycles. The Morgan fingerprint density at radius 2 is 2.00 bits per heavy atom. The van der Waals surface area contributed by atoms with Crippen LogP contribution in [0.25, 0.3) is 0 Å². The second-order valence-electron chi connectivity index (χ2n) is 7.44. The number of hydrogen-bond acceptors (Lipinski definition) is 4. The minimum atomic E-state index is -0.492. The zero-order valence-electron chi connectivity index (χ0n) is 15.7. The zero-order valence-corrected chi connectivity index (χ0v) is 15.7. The van der Waals surface area contributed by atoms with Gasteiger partial charge in [0.15, 0.2) is 0 Å². The second-order valence-corrected chi connectivity index (χ2v) is 7.44. The van der Waals surface area contributed by atoms with Crippen molar-refractivity contribution >= 4 is 17.5 Å². The summed E-state index contributed by atoms with van der Waals surface area (Å²) in [5.74, 6) is -0.0101. The summed E-state index contributed by atoms with van der Waals surface area (Å²) >= 11 is 0. The number of anilines is 1. The highest BCUT2D eigenvalue weighted by Crippen LogP contribution is 2.32. The molecule has 1 unspecified atom stereocenters. The van der Waals surface area contributed by atoms with Crippen molar-refractivity contribution in [2.24, 2.45) is 0 Å². The largest absolute Gasteiger partial charge is 0.361 e. The molecule has 2 aliphatic rings. The van der Waals surface area contributed by atoms with Gasteiger partial charge >= 0.3 is 0 Å². The van der Waals surface area contributed by atoms with Gasteiger partial charge in [0.05, 0.1) is 18.8 Å². The van der Waals surface area contributed by atoms with E-state index < -0.39 is 5.60 Å². The van der Waals surface area contributed by atoms with Crippen molar-refractivity contribution in [3.8, 4) is 0 Å². The van der Waals surface area contributed by atoms with Crippen LogP contribution in [0.4, 0.5) is 5.69 Å². The number of nitrogens with zero attached hydrogens (tertiary/aromatic N) is 4. The second kappa shape index (κ2) is 6.81. The molecule has 2 amide bonds. The quantitative estimate of drug-likeness (QED) is 0.824. The fourth-order valence-electron chi connectivity index (χ4n) is 3.93. The van der Waals surface area contributed by atoms with Crippen LogP contribution in [0.2, 0.25) is 0 Å². The number of amides is 2. The number of para-hydroxylation sites is 1. The molecule has 7 nitrogen and oxygen atoms in total. The molecular weight excluding hydrogens is 344 g/mol. The summed E-state index contributed by atoms with van der Waals surface area (Å²) in [7, 11) is 0. The number of hydrogen-bond donors (Lipinski definition) is 0. The van der Waals surface area contributed by atoms with Crippen LogP contribution in [0.3, 0.4) is 0 Å². The van der Waals surface area contributed by atoms with Gasteiger partial charge in [0.1, 0.15) is 18.8 Å². The van der Waals surface area contributed by atoms with Crippen LogP contribution >= 0.6 is 0 Å². The predicted octanol–water partition coefficient (Wildman–Crippen LogP) is 1.53. The Hall–Kier alpha value is -2.67. The molecule has 3 heterocycles. The fourth-order valence-corrected chi connectivity index (χ4v) is 3.93. The van der Waals surface area contributed by atoms with E-state index in [0.29, 0.717) is 19.6 Å². The SMILES string of the molecule is Cc1cc(C)n(CC(=O)N2CCC3(C2)CN(c2ccccc2)C(=O)CO3)n1. The molecule has 7 heteroatoms. The van der Waals surface area contributed by atoms with Crippen molar-refractivity contribution in [3.05, 3.63) is 47.8 Å². The number of carbonyl (C=O) groups excluding carboxylic acids is 2. The molecule has 0 bridgehead atoms. The van der Waals surface area contributed by atoms with Gasteiger partial charge in [-0.2, -0.15) is 5.10 Å². The molecular formula is C20H24N4O3. The van der Waals surface area contributed by atoms with Crippen LogP contribution in [0.1, 0.15) is 17.8 Å². The number of morpholine rings is 1. The lowest BCUT2D eigenvalue weighted by atomic mass is 10.00. The summed E-state index contributed by atoms with van der Waals surface area (Å²) in [4.78, 5) is 28.7. The minimum Gasteiger partial charge on any atom is -0.361 e. The molecule has 0 radical (unpaired) electrons. The van der Waals surface area contributed by atoms with Crippen LogP contribution in [0.15, 0.2) is 36.4 Å². The Morgan fingerprint density at radius 1 is 1.22 bits per heavy atom. The van der Waals surface area contributed by atoms with E-state index in [1.807, 2.05) is 55.1 Å². The van der Waals surface area contributed by atoms with Crippen molar-refractivity contribution < 1.29 is 14.3 Å². The number of aromatic nitrogens is 2. The van der Waals surface area contributed by atoms with Crippen molar-refractivity contribution in [2.75, 3.05) is 31.1 Å². The Morgan fingerprint density at radius 3 is 2.70 bits per heavy atom. The molecule has 2 aromatic rings. The lowest BCUT2D eigenvalue weighted by Crippen LogP contribution is -2.56. The summed E-state index contributed by atoms with van der Waals surface area (Å²) < 4.78 is 7.68. The number of rotatable bonds is 3. The average molecular weight is 368 g/mol. The van der Waals surface area contributed by atoms with E-state index in [2.05, 4.69) is 5.10 Å². The molecule has 1 aromatic heterocycles. The summed E-state index contributed by atoms with van der Waals surface area (Å²) in [5.41, 5.74) is 2.27. The molecule has 4 rings (SSSR count). The number of aryl methyl sites for hydroxylation is 2. The van der Waals surface area contributed by atoms with Gasteiger partial charge in [-0.3, -0.25) is 14.3 Å². The Kier molecular flexibility index (Phi) is 4.47. The van der Waals surface area contributed by atoms with E-state index in [0.717, 1.165) is 23.5 Å². The molecule has 1 spiro atoms. The van der Waals surface area contributed by atoms with Gasteiger partial charge in [-0.25, -0.2) is 0 Å². The molecule has 2 aliphatic heterocycles. The lowest BCUT2D eigenvalue weighted by Gasteiger charge is -2.40. The maximum atomic E-state index is 12.7. The number of carbonyl (C=O) groups is 2. The summed E-state index contributed by atoms with van der Waals surface area (Å²) in [6.07, 6.45) is 0.729. The molecule has 27 heavy (non-hydrogen) atoms. The first-order valence-corrected chi connectivity index (χ1v) is 9.24. The van der Waals surface area contributed by atoms with Gasteiger partial charge in [-0.1, -0.05) is 18.2 Å². The Balaban J connectivity index is 1.45. The molecule has 2 fully saturated rings. The minimum absolute atomic E-state index is 0.0323. The number of likely N-dealkylation sites (tertiary alicyclic amines) is 1. The lowest BCUT2D eigenvalue weighted by molar-refractivity contribution is -0.139. The van der Waals surface area contributed by atoms with Crippen molar-refractivity contribution in [1.82, 2.24) is 14.7 Å². The van der Waals surface area contributed by atoms with Crippen molar-refractivity contribution in [3.63, 3.8) is 0 Å². The van der Waals surface area contributed by atoms with Gasteiger partial charge in [0.25, 0.3) is 5.91 Å². The molecule has 0 aliphatic carbocycles. The molecule has 1 atom stereocenters. The standard InChI is InChI=1S/C20H24N4O3/c1-15-10-16(2)24(21-15)11-18(25)22-9-8-20(13-22)14-23(19(26)12-27-20)17-6-4-3-5-7-17/h3-7,10H,8-9,11-14H2,1-2H3. The van der Waals surface area contributed by atoms with Gasteiger partial charge in [0.2, 0.25) is 5.91 Å². The Labute approximate surface area is 158 Å². The monoisotopic (exact) mass is 368 g/mol. The summed E-state index contributed by atoms with van der Waals surface area (Å²) in [6.45, 7) is 5.76. The zero-order chi connectivity index (χ0) is 19.0. The van der Waals surface area contributed by atoms with Crippen LogP contribution < -0.4 is 4.90 Å².